The molecule has 0 fully saturated rings. The number of hydrogen-bond acceptors (Lipinski definition) is 1. The van der Waals surface area contributed by atoms with E-state index in [1.165, 1.54) is 12.1 Å². The van der Waals surface area contributed by atoms with Crippen molar-refractivity contribution in [2.45, 2.75) is 13.8 Å². The molecule has 1 nitrogen and oxygen atoms in total. The first kappa shape index (κ1) is 8.97. The molecule has 1 aromatic rings. The second-order valence-electron chi connectivity index (χ2n) is 2.62. The van der Waals surface area contributed by atoms with Crippen LogP contribution in [0.4, 0.5) is 8.78 Å². The number of hydrogen-bond donors (Lipinski definition) is 0. The smallest absolute Gasteiger partial charge is 0.228 e. The summed E-state index contributed by atoms with van der Waals surface area (Å²) < 4.78 is 29.3. The fourth-order valence-corrected chi connectivity index (χ4v) is 0.969. The summed E-state index contributed by atoms with van der Waals surface area (Å²) in [6.45, 7) is 2.40. The number of alkyl halides is 1. The number of rotatable bonds is 2. The SMILES string of the molecule is Cc1cc(OCF)c(C)cc1F. The van der Waals surface area contributed by atoms with Crippen molar-refractivity contribution in [3.05, 3.63) is 29.1 Å². The van der Waals surface area contributed by atoms with Gasteiger partial charge in [0.15, 0.2) is 0 Å². The Labute approximate surface area is 70.0 Å². The second kappa shape index (κ2) is 3.52. The Morgan fingerprint density at radius 1 is 1.25 bits per heavy atom. The van der Waals surface area contributed by atoms with Crippen LogP contribution >= 0.6 is 0 Å². The first-order valence-electron chi connectivity index (χ1n) is 3.60. The summed E-state index contributed by atoms with van der Waals surface area (Å²) in [6, 6.07) is 2.82. The summed E-state index contributed by atoms with van der Waals surface area (Å²) in [7, 11) is 0. The normalized spacial score (nSPS) is 10.0. The van der Waals surface area contributed by atoms with Gasteiger partial charge in [-0.2, -0.15) is 0 Å². The third-order valence-electron chi connectivity index (χ3n) is 1.67. The van der Waals surface area contributed by atoms with Gasteiger partial charge in [0.05, 0.1) is 0 Å². The molecule has 12 heavy (non-hydrogen) atoms. The average molecular weight is 172 g/mol. The predicted octanol–water partition coefficient (Wildman–Crippen LogP) is 2.75. The Morgan fingerprint density at radius 2 is 1.92 bits per heavy atom. The number of ether oxygens (including phenoxy) is 1. The summed E-state index contributed by atoms with van der Waals surface area (Å²) in [6.07, 6.45) is 0. The molecule has 66 valence electrons. The van der Waals surface area contributed by atoms with Crippen LogP contribution < -0.4 is 4.74 Å². The zero-order chi connectivity index (χ0) is 9.14. The van der Waals surface area contributed by atoms with Crippen LogP contribution in [0.3, 0.4) is 0 Å². The molecule has 1 rings (SSSR count). The molecule has 3 heteroatoms. The molecule has 0 saturated carbocycles. The highest BCUT2D eigenvalue weighted by Crippen LogP contribution is 2.21. The van der Waals surface area contributed by atoms with Crippen LogP contribution in [0, 0.1) is 19.7 Å². The highest BCUT2D eigenvalue weighted by Gasteiger charge is 2.04. The molecule has 0 aliphatic heterocycles. The van der Waals surface area contributed by atoms with Crippen molar-refractivity contribution in [1.29, 1.82) is 0 Å². The maximum atomic E-state index is 12.9. The zero-order valence-corrected chi connectivity index (χ0v) is 7.03. The molecule has 0 bridgehead atoms. The number of benzene rings is 1. The summed E-state index contributed by atoms with van der Waals surface area (Å²) in [4.78, 5) is 0. The van der Waals surface area contributed by atoms with Gasteiger partial charge < -0.3 is 4.74 Å². The van der Waals surface area contributed by atoms with Crippen molar-refractivity contribution in [3.63, 3.8) is 0 Å². The zero-order valence-electron chi connectivity index (χ0n) is 7.03. The van der Waals surface area contributed by atoms with E-state index in [1.54, 1.807) is 13.8 Å². The maximum Gasteiger partial charge on any atom is 0.228 e. The Kier molecular flexibility index (Phi) is 2.63. The molecule has 0 N–H and O–H groups in total. The lowest BCUT2D eigenvalue weighted by Gasteiger charge is -2.06. The second-order valence-corrected chi connectivity index (χ2v) is 2.62. The maximum absolute atomic E-state index is 12.9. The lowest BCUT2D eigenvalue weighted by molar-refractivity contribution is 0.190. The van der Waals surface area contributed by atoms with Crippen molar-refractivity contribution < 1.29 is 13.5 Å². The van der Waals surface area contributed by atoms with Gasteiger partial charge in [-0.05, 0) is 37.1 Å². The van der Waals surface area contributed by atoms with E-state index in [9.17, 15) is 8.78 Å². The Hall–Kier alpha value is -1.12. The van der Waals surface area contributed by atoms with E-state index in [4.69, 9.17) is 0 Å². The minimum atomic E-state index is -0.883. The van der Waals surface area contributed by atoms with Crippen molar-refractivity contribution in [1.82, 2.24) is 0 Å². The van der Waals surface area contributed by atoms with Crippen LogP contribution in [0.5, 0.6) is 5.75 Å². The van der Waals surface area contributed by atoms with Gasteiger partial charge in [-0.3, -0.25) is 0 Å². The molecule has 0 saturated heterocycles. The fraction of sp³-hybridized carbons (Fsp3) is 0.333. The molecule has 0 amide bonds. The number of halogens is 2. The van der Waals surface area contributed by atoms with Crippen LogP contribution in [0.25, 0.3) is 0 Å². The molecule has 0 aromatic heterocycles. The highest BCUT2D eigenvalue weighted by molar-refractivity contribution is 5.36. The molecule has 0 aliphatic rings. The van der Waals surface area contributed by atoms with Crippen LogP contribution in [0.15, 0.2) is 12.1 Å². The van der Waals surface area contributed by atoms with Crippen molar-refractivity contribution in [2.24, 2.45) is 0 Å². The van der Waals surface area contributed by atoms with Gasteiger partial charge in [-0.25, -0.2) is 8.78 Å². The standard InChI is InChI=1S/C9H10F2O/c1-6-4-9(12-5-10)7(2)3-8(6)11/h3-4H,5H2,1-2H3. The van der Waals surface area contributed by atoms with Crippen LogP contribution in [0.2, 0.25) is 0 Å². The van der Waals surface area contributed by atoms with Crippen LogP contribution in [-0.4, -0.2) is 6.86 Å². The average Bonchev–Trinajstić information content (AvgIpc) is 2.01. The van der Waals surface area contributed by atoms with E-state index in [-0.39, 0.29) is 5.82 Å². The van der Waals surface area contributed by atoms with E-state index < -0.39 is 6.86 Å². The molecule has 0 radical (unpaired) electrons. The molecule has 0 unspecified atom stereocenters. The summed E-state index contributed by atoms with van der Waals surface area (Å²) in [5, 5.41) is 0. The topological polar surface area (TPSA) is 9.23 Å². The van der Waals surface area contributed by atoms with Gasteiger partial charge in [0.1, 0.15) is 11.6 Å². The quantitative estimate of drug-likeness (QED) is 0.666. The van der Waals surface area contributed by atoms with Gasteiger partial charge in [-0.1, -0.05) is 0 Å². The minimum absolute atomic E-state index is 0.293. The van der Waals surface area contributed by atoms with Crippen LogP contribution in [0.1, 0.15) is 11.1 Å². The molecular weight excluding hydrogens is 162 g/mol. The third-order valence-corrected chi connectivity index (χ3v) is 1.67. The van der Waals surface area contributed by atoms with Gasteiger partial charge in [-0.15, -0.1) is 0 Å². The molecule has 0 heterocycles. The van der Waals surface area contributed by atoms with Gasteiger partial charge in [0.2, 0.25) is 6.86 Å². The van der Waals surface area contributed by atoms with E-state index in [0.29, 0.717) is 16.9 Å². The number of aryl methyl sites for hydroxylation is 2. The minimum Gasteiger partial charge on any atom is -0.463 e. The largest absolute Gasteiger partial charge is 0.463 e. The lowest BCUT2D eigenvalue weighted by atomic mass is 10.1. The van der Waals surface area contributed by atoms with E-state index in [0.717, 1.165) is 0 Å². The summed E-state index contributed by atoms with van der Waals surface area (Å²) >= 11 is 0. The fourth-order valence-electron chi connectivity index (χ4n) is 0.969. The molecule has 0 atom stereocenters. The summed E-state index contributed by atoms with van der Waals surface area (Å²) in [5.74, 6) is 0.107. The van der Waals surface area contributed by atoms with Gasteiger partial charge in [0.25, 0.3) is 0 Å². The Balaban J connectivity index is 3.05. The van der Waals surface area contributed by atoms with Crippen molar-refractivity contribution >= 4 is 0 Å². The van der Waals surface area contributed by atoms with E-state index >= 15 is 0 Å². The van der Waals surface area contributed by atoms with Gasteiger partial charge >= 0.3 is 0 Å². The highest BCUT2D eigenvalue weighted by atomic mass is 19.1. The van der Waals surface area contributed by atoms with Crippen molar-refractivity contribution in [2.75, 3.05) is 6.86 Å². The molecule has 1 aromatic carbocycles. The molecule has 0 aliphatic carbocycles. The lowest BCUT2D eigenvalue weighted by Crippen LogP contribution is -1.95. The first-order valence-corrected chi connectivity index (χ1v) is 3.60. The third kappa shape index (κ3) is 1.72. The van der Waals surface area contributed by atoms with Crippen LogP contribution in [-0.2, 0) is 0 Å². The summed E-state index contributed by atoms with van der Waals surface area (Å²) in [5.41, 5.74) is 1.07. The van der Waals surface area contributed by atoms with Crippen molar-refractivity contribution in [3.8, 4) is 5.75 Å². The Bertz CT molecular complexity index is 284. The van der Waals surface area contributed by atoms with E-state index in [1.807, 2.05) is 0 Å². The first-order chi connectivity index (χ1) is 5.65. The van der Waals surface area contributed by atoms with Gasteiger partial charge in [0, 0.05) is 0 Å². The Morgan fingerprint density at radius 3 is 2.50 bits per heavy atom. The predicted molar refractivity (Wildman–Crippen MR) is 42.5 cm³/mol. The molecular formula is C9H10F2O. The van der Waals surface area contributed by atoms with E-state index in [2.05, 4.69) is 4.74 Å². The molecule has 0 spiro atoms. The monoisotopic (exact) mass is 172 g/mol.